The van der Waals surface area contributed by atoms with Gasteiger partial charge in [0.2, 0.25) is 0 Å². The SMILES string of the molecule is C1=Cc2c(c3ccccc3n2-c2cc(-c3ccccc3)nc(-c3ccc4c5c(c6ccccc6c4c3)CC(c3ccccc3)C=C5)n2)CC1. The molecule has 10 rings (SSSR count). The Bertz CT molecular complexity index is 2630. The number of aromatic nitrogens is 3. The van der Waals surface area contributed by atoms with Crippen LogP contribution in [-0.2, 0) is 12.8 Å². The Hall–Kier alpha value is -6.06. The molecular weight excluding hydrogens is 595 g/mol. The summed E-state index contributed by atoms with van der Waals surface area (Å²) in [6.07, 6.45) is 12.4. The van der Waals surface area contributed by atoms with Crippen LogP contribution in [0.1, 0.15) is 40.3 Å². The summed E-state index contributed by atoms with van der Waals surface area (Å²) >= 11 is 0. The number of hydrogen-bond donors (Lipinski definition) is 0. The van der Waals surface area contributed by atoms with Crippen molar-refractivity contribution in [3.63, 3.8) is 0 Å². The zero-order valence-electron chi connectivity index (χ0n) is 27.1. The predicted octanol–water partition coefficient (Wildman–Crippen LogP) is 11.4. The third-order valence-corrected chi connectivity index (χ3v) is 10.5. The molecule has 0 bridgehead atoms. The van der Waals surface area contributed by atoms with E-state index in [1.54, 1.807) is 0 Å². The molecule has 3 nitrogen and oxygen atoms in total. The molecule has 0 aliphatic heterocycles. The first kappa shape index (κ1) is 28.0. The van der Waals surface area contributed by atoms with E-state index in [0.717, 1.165) is 47.7 Å². The molecule has 1 atom stereocenters. The van der Waals surface area contributed by atoms with E-state index < -0.39 is 0 Å². The molecule has 8 aromatic rings. The van der Waals surface area contributed by atoms with Crippen LogP contribution in [0.2, 0.25) is 0 Å². The lowest BCUT2D eigenvalue weighted by Gasteiger charge is -2.24. The van der Waals surface area contributed by atoms with Crippen LogP contribution in [-0.4, -0.2) is 14.5 Å². The van der Waals surface area contributed by atoms with Gasteiger partial charge < -0.3 is 0 Å². The van der Waals surface area contributed by atoms with Crippen molar-refractivity contribution in [2.45, 2.75) is 25.2 Å². The van der Waals surface area contributed by atoms with Crippen molar-refractivity contribution in [2.24, 2.45) is 0 Å². The van der Waals surface area contributed by atoms with Crippen LogP contribution in [0.5, 0.6) is 0 Å². The van der Waals surface area contributed by atoms with Crippen LogP contribution in [0, 0.1) is 0 Å². The van der Waals surface area contributed by atoms with Gasteiger partial charge in [-0.25, -0.2) is 9.97 Å². The van der Waals surface area contributed by atoms with Gasteiger partial charge in [0.25, 0.3) is 0 Å². The van der Waals surface area contributed by atoms with Crippen LogP contribution in [0.25, 0.3) is 73.1 Å². The maximum atomic E-state index is 5.35. The average Bonchev–Trinajstić information content (AvgIpc) is 3.52. The Morgan fingerprint density at radius 3 is 2.18 bits per heavy atom. The van der Waals surface area contributed by atoms with Crippen LogP contribution < -0.4 is 0 Å². The van der Waals surface area contributed by atoms with Gasteiger partial charge in [0, 0.05) is 28.5 Å². The average molecular weight is 628 g/mol. The maximum absolute atomic E-state index is 5.35. The van der Waals surface area contributed by atoms with Gasteiger partial charge >= 0.3 is 0 Å². The Morgan fingerprint density at radius 1 is 0.571 bits per heavy atom. The Kier molecular flexibility index (Phi) is 6.45. The summed E-state index contributed by atoms with van der Waals surface area (Å²) in [5.41, 5.74) is 10.9. The first-order valence-corrected chi connectivity index (χ1v) is 17.2. The Morgan fingerprint density at radius 2 is 1.33 bits per heavy atom. The van der Waals surface area contributed by atoms with Crippen LogP contribution in [0.3, 0.4) is 0 Å². The molecular formula is C46H33N3. The van der Waals surface area contributed by atoms with Crippen molar-refractivity contribution < 1.29 is 0 Å². The van der Waals surface area contributed by atoms with Crippen molar-refractivity contribution in [3.8, 4) is 28.5 Å². The minimum absolute atomic E-state index is 0.367. The molecule has 232 valence electrons. The summed E-state index contributed by atoms with van der Waals surface area (Å²) in [5, 5.41) is 6.40. The van der Waals surface area contributed by atoms with Crippen molar-refractivity contribution in [1.82, 2.24) is 14.5 Å². The molecule has 6 aromatic carbocycles. The summed E-state index contributed by atoms with van der Waals surface area (Å²) < 4.78 is 2.33. The van der Waals surface area contributed by atoms with E-state index in [4.69, 9.17) is 9.97 Å². The molecule has 0 N–H and O–H groups in total. The molecule has 49 heavy (non-hydrogen) atoms. The number of aryl methyl sites for hydroxylation is 1. The van der Waals surface area contributed by atoms with Gasteiger partial charge in [0.15, 0.2) is 5.82 Å². The molecule has 0 fully saturated rings. The first-order chi connectivity index (χ1) is 24.3. The smallest absolute Gasteiger partial charge is 0.162 e. The minimum atomic E-state index is 0.367. The number of benzene rings is 6. The summed E-state index contributed by atoms with van der Waals surface area (Å²) in [4.78, 5) is 10.6. The van der Waals surface area contributed by atoms with Gasteiger partial charge in [-0.2, -0.15) is 0 Å². The quantitative estimate of drug-likeness (QED) is 0.182. The molecule has 0 saturated carbocycles. The topological polar surface area (TPSA) is 30.7 Å². The maximum Gasteiger partial charge on any atom is 0.162 e. The highest BCUT2D eigenvalue weighted by Gasteiger charge is 2.23. The number of allylic oxidation sites excluding steroid dienone is 2. The molecule has 3 heteroatoms. The molecule has 2 aliphatic rings. The molecule has 1 unspecified atom stereocenters. The van der Waals surface area contributed by atoms with Gasteiger partial charge in [-0.05, 0) is 81.3 Å². The summed E-state index contributed by atoms with van der Waals surface area (Å²) in [5.74, 6) is 1.98. The fourth-order valence-corrected chi connectivity index (χ4v) is 8.14. The second-order valence-electron chi connectivity index (χ2n) is 13.2. The van der Waals surface area contributed by atoms with Crippen LogP contribution in [0.15, 0.2) is 146 Å². The van der Waals surface area contributed by atoms with E-state index in [0.29, 0.717) is 5.92 Å². The van der Waals surface area contributed by atoms with Gasteiger partial charge in [-0.3, -0.25) is 4.57 Å². The zero-order valence-corrected chi connectivity index (χ0v) is 27.1. The predicted molar refractivity (Wildman–Crippen MR) is 204 cm³/mol. The summed E-state index contributed by atoms with van der Waals surface area (Å²) in [7, 11) is 0. The summed E-state index contributed by atoms with van der Waals surface area (Å²) in [6.45, 7) is 0. The highest BCUT2D eigenvalue weighted by molar-refractivity contribution is 6.14. The van der Waals surface area contributed by atoms with Gasteiger partial charge in [0.1, 0.15) is 5.82 Å². The third-order valence-electron chi connectivity index (χ3n) is 10.5. The molecule has 2 heterocycles. The van der Waals surface area contributed by atoms with E-state index >= 15 is 0 Å². The highest BCUT2D eigenvalue weighted by atomic mass is 15.1. The van der Waals surface area contributed by atoms with Crippen LogP contribution >= 0.6 is 0 Å². The second-order valence-corrected chi connectivity index (χ2v) is 13.2. The molecule has 0 radical (unpaired) electrons. The van der Waals surface area contributed by atoms with Crippen molar-refractivity contribution in [1.29, 1.82) is 0 Å². The fourth-order valence-electron chi connectivity index (χ4n) is 8.14. The second kappa shape index (κ2) is 11.3. The van der Waals surface area contributed by atoms with Gasteiger partial charge in [0.05, 0.1) is 16.9 Å². The lowest BCUT2D eigenvalue weighted by atomic mass is 9.80. The number of nitrogens with zero attached hydrogens (tertiary/aromatic N) is 3. The minimum Gasteiger partial charge on any atom is -0.294 e. The van der Waals surface area contributed by atoms with Crippen molar-refractivity contribution in [2.75, 3.05) is 0 Å². The lowest BCUT2D eigenvalue weighted by Crippen LogP contribution is -2.07. The lowest BCUT2D eigenvalue weighted by molar-refractivity contribution is 0.834. The fraction of sp³-hybridized carbons (Fsp3) is 0.0870. The molecule has 0 spiro atoms. The summed E-state index contributed by atoms with van der Waals surface area (Å²) in [6, 6.07) is 47.9. The molecule has 2 aliphatic carbocycles. The molecule has 0 saturated heterocycles. The van der Waals surface area contributed by atoms with E-state index in [9.17, 15) is 0 Å². The third kappa shape index (κ3) is 4.57. The monoisotopic (exact) mass is 627 g/mol. The van der Waals surface area contributed by atoms with Crippen molar-refractivity contribution >= 4 is 44.6 Å². The number of hydrogen-bond acceptors (Lipinski definition) is 2. The molecule has 2 aromatic heterocycles. The van der Waals surface area contributed by atoms with Crippen molar-refractivity contribution in [3.05, 3.63) is 174 Å². The normalized spacial score (nSPS) is 15.1. The zero-order chi connectivity index (χ0) is 32.3. The largest absolute Gasteiger partial charge is 0.294 e. The molecule has 0 amide bonds. The Balaban J connectivity index is 1.19. The highest BCUT2D eigenvalue weighted by Crippen LogP contribution is 2.41. The van der Waals surface area contributed by atoms with E-state index in [2.05, 4.69) is 162 Å². The van der Waals surface area contributed by atoms with E-state index in [-0.39, 0.29) is 0 Å². The van der Waals surface area contributed by atoms with E-state index in [1.165, 1.54) is 60.4 Å². The number of rotatable bonds is 4. The van der Waals surface area contributed by atoms with Gasteiger partial charge in [-0.15, -0.1) is 0 Å². The first-order valence-electron chi connectivity index (χ1n) is 17.2. The standard InChI is InChI=1S/C46H33N3/c1-3-13-30(14-4-1)32-23-25-36-37-26-24-33(28-41(37)35-18-8-7-17-34(35)40(36)27-32)46-47-42(31-15-5-2-6-16-31)29-45(48-46)49-43-21-11-9-19-38(43)39-20-10-12-22-44(39)49/h1-9,11-19,21-26,28-29,32H,10,20,27H2. The van der Waals surface area contributed by atoms with E-state index in [1.807, 2.05) is 0 Å². The van der Waals surface area contributed by atoms with Crippen LogP contribution in [0.4, 0.5) is 0 Å². The van der Waals surface area contributed by atoms with Gasteiger partial charge in [-0.1, -0.05) is 133 Å². The Labute approximate surface area is 285 Å². The number of fused-ring (bicyclic) bond motifs is 9. The number of para-hydroxylation sites is 1.